The molecule has 7 nitrogen and oxygen atoms in total. The number of carbonyl (C=O) groups excluding carboxylic acids is 1. The maximum Gasteiger partial charge on any atom is 0.251 e. The van der Waals surface area contributed by atoms with E-state index in [2.05, 4.69) is 24.1 Å². The third-order valence-electron chi connectivity index (χ3n) is 5.30. The summed E-state index contributed by atoms with van der Waals surface area (Å²) in [5.41, 5.74) is 1.07. The van der Waals surface area contributed by atoms with Crippen LogP contribution in [0.3, 0.4) is 0 Å². The topological polar surface area (TPSA) is 88.6 Å². The minimum Gasteiger partial charge on any atom is -0.477 e. The second kappa shape index (κ2) is 10.2. The Labute approximate surface area is 184 Å². The van der Waals surface area contributed by atoms with E-state index in [0.29, 0.717) is 43.0 Å². The zero-order valence-corrected chi connectivity index (χ0v) is 19.2. The zero-order chi connectivity index (χ0) is 22.4. The number of nitrogens with zero attached hydrogens (tertiary/aromatic N) is 2. The van der Waals surface area contributed by atoms with Crippen molar-refractivity contribution in [1.82, 2.24) is 14.6 Å². The Morgan fingerprint density at radius 3 is 2.65 bits per heavy atom. The van der Waals surface area contributed by atoms with Gasteiger partial charge in [0, 0.05) is 37.0 Å². The normalized spacial score (nSPS) is 19.7. The van der Waals surface area contributed by atoms with Crippen molar-refractivity contribution in [3.63, 3.8) is 0 Å². The van der Waals surface area contributed by atoms with Crippen molar-refractivity contribution in [2.75, 3.05) is 19.7 Å². The summed E-state index contributed by atoms with van der Waals surface area (Å²) in [5, 5.41) is 2.84. The van der Waals surface area contributed by atoms with Crippen LogP contribution in [0, 0.1) is 11.8 Å². The number of hydrogen-bond acceptors (Lipinski definition) is 5. The third-order valence-corrected chi connectivity index (χ3v) is 7.13. The molecule has 8 heteroatoms. The third kappa shape index (κ3) is 5.83. The van der Waals surface area contributed by atoms with Crippen LogP contribution in [0.2, 0.25) is 0 Å². The Hall–Kier alpha value is -2.45. The molecule has 31 heavy (non-hydrogen) atoms. The summed E-state index contributed by atoms with van der Waals surface area (Å²) in [6.07, 6.45) is 3.53. The number of piperidine rings is 1. The minimum absolute atomic E-state index is 0.148. The van der Waals surface area contributed by atoms with E-state index < -0.39 is 10.0 Å². The molecule has 0 aliphatic carbocycles. The van der Waals surface area contributed by atoms with Crippen LogP contribution in [-0.2, 0) is 16.6 Å². The highest BCUT2D eigenvalue weighted by Crippen LogP contribution is 2.27. The van der Waals surface area contributed by atoms with Gasteiger partial charge in [0.05, 0.1) is 11.5 Å². The van der Waals surface area contributed by atoms with E-state index in [-0.39, 0.29) is 17.3 Å². The lowest BCUT2D eigenvalue weighted by molar-refractivity contribution is 0.0950. The van der Waals surface area contributed by atoms with Gasteiger partial charge in [-0.1, -0.05) is 32.9 Å². The van der Waals surface area contributed by atoms with E-state index in [9.17, 15) is 13.2 Å². The molecule has 0 spiro atoms. The number of hydrogen-bond donors (Lipinski definition) is 1. The van der Waals surface area contributed by atoms with Crippen LogP contribution >= 0.6 is 0 Å². The van der Waals surface area contributed by atoms with E-state index in [1.807, 2.05) is 13.0 Å². The Bertz CT molecular complexity index is 999. The number of rotatable bonds is 8. The van der Waals surface area contributed by atoms with Gasteiger partial charge in [-0.15, -0.1) is 0 Å². The number of carbonyl (C=O) groups is 1. The van der Waals surface area contributed by atoms with E-state index >= 15 is 0 Å². The molecule has 1 N–H and O–H groups in total. The number of benzene rings is 1. The molecule has 3 rings (SSSR count). The van der Waals surface area contributed by atoms with Crippen molar-refractivity contribution < 1.29 is 17.9 Å². The molecule has 0 radical (unpaired) electrons. The minimum atomic E-state index is -3.64. The Morgan fingerprint density at radius 2 is 1.94 bits per heavy atom. The van der Waals surface area contributed by atoms with Gasteiger partial charge in [0.25, 0.3) is 5.91 Å². The average Bonchev–Trinajstić information content (AvgIpc) is 2.76. The van der Waals surface area contributed by atoms with Crippen LogP contribution in [0.25, 0.3) is 0 Å². The van der Waals surface area contributed by atoms with Crippen molar-refractivity contribution in [3.8, 4) is 5.88 Å². The van der Waals surface area contributed by atoms with Gasteiger partial charge in [-0.05, 0) is 48.9 Å². The number of aromatic nitrogens is 1. The van der Waals surface area contributed by atoms with E-state index in [1.54, 1.807) is 30.5 Å². The molecule has 1 aliphatic rings. The molecule has 0 bridgehead atoms. The van der Waals surface area contributed by atoms with Crippen LogP contribution < -0.4 is 10.1 Å². The number of sulfonamides is 1. The molecule has 0 saturated carbocycles. The van der Waals surface area contributed by atoms with Gasteiger partial charge in [0.15, 0.2) is 0 Å². The summed E-state index contributed by atoms with van der Waals surface area (Å²) in [5.74, 6) is 0.777. The summed E-state index contributed by atoms with van der Waals surface area (Å²) < 4.78 is 33.5. The fourth-order valence-electron chi connectivity index (χ4n) is 3.91. The Kier molecular flexibility index (Phi) is 7.67. The zero-order valence-electron chi connectivity index (χ0n) is 18.4. The summed E-state index contributed by atoms with van der Waals surface area (Å²) in [7, 11) is -3.64. The lowest BCUT2D eigenvalue weighted by Crippen LogP contribution is -2.42. The summed E-state index contributed by atoms with van der Waals surface area (Å²) in [4.78, 5) is 17.1. The van der Waals surface area contributed by atoms with Gasteiger partial charge in [-0.25, -0.2) is 13.4 Å². The highest BCUT2D eigenvalue weighted by molar-refractivity contribution is 7.89. The van der Waals surface area contributed by atoms with Crippen molar-refractivity contribution in [1.29, 1.82) is 0 Å². The van der Waals surface area contributed by atoms with Crippen molar-refractivity contribution in [2.24, 2.45) is 11.8 Å². The predicted molar refractivity (Wildman–Crippen MR) is 119 cm³/mol. The van der Waals surface area contributed by atoms with Gasteiger partial charge >= 0.3 is 0 Å². The van der Waals surface area contributed by atoms with E-state index in [0.717, 1.165) is 18.4 Å². The fourth-order valence-corrected chi connectivity index (χ4v) is 5.64. The van der Waals surface area contributed by atoms with Crippen LogP contribution in [0.5, 0.6) is 5.88 Å². The van der Waals surface area contributed by atoms with Gasteiger partial charge in [-0.2, -0.15) is 4.31 Å². The first kappa shape index (κ1) is 23.2. The Morgan fingerprint density at radius 1 is 1.19 bits per heavy atom. The number of pyridine rings is 1. The molecule has 1 amide bonds. The predicted octanol–water partition coefficient (Wildman–Crippen LogP) is 3.47. The highest BCUT2D eigenvalue weighted by Gasteiger charge is 2.32. The SMILES string of the molecule is CCCOc1ncccc1CNC(=O)c1cccc(S(=O)(=O)N2CC(C)CC(C)C2)c1. The quantitative estimate of drug-likeness (QED) is 0.672. The highest BCUT2D eigenvalue weighted by atomic mass is 32.2. The monoisotopic (exact) mass is 445 g/mol. The smallest absolute Gasteiger partial charge is 0.251 e. The van der Waals surface area contributed by atoms with Gasteiger partial charge < -0.3 is 10.1 Å². The van der Waals surface area contributed by atoms with Gasteiger partial charge in [-0.3, -0.25) is 4.79 Å². The largest absolute Gasteiger partial charge is 0.477 e. The van der Waals surface area contributed by atoms with Crippen LogP contribution in [0.15, 0.2) is 47.5 Å². The number of ether oxygens (including phenoxy) is 1. The Balaban J connectivity index is 1.72. The lowest BCUT2D eigenvalue weighted by atomic mass is 9.94. The second-order valence-corrected chi connectivity index (χ2v) is 10.2. The first-order valence-corrected chi connectivity index (χ1v) is 12.2. The molecule has 2 aromatic rings. The molecule has 1 fully saturated rings. The molecule has 1 aliphatic heterocycles. The molecule has 1 saturated heterocycles. The molecule has 2 atom stereocenters. The molecule has 2 unspecified atom stereocenters. The van der Waals surface area contributed by atoms with Gasteiger partial charge in [0.2, 0.25) is 15.9 Å². The number of amides is 1. The molecular weight excluding hydrogens is 414 g/mol. The summed E-state index contributed by atoms with van der Waals surface area (Å²) >= 11 is 0. The maximum absolute atomic E-state index is 13.1. The first-order chi connectivity index (χ1) is 14.8. The molecular formula is C23H31N3O4S. The van der Waals surface area contributed by atoms with Crippen LogP contribution in [-0.4, -0.2) is 43.3 Å². The van der Waals surface area contributed by atoms with Crippen molar-refractivity contribution >= 4 is 15.9 Å². The molecule has 168 valence electrons. The summed E-state index contributed by atoms with van der Waals surface area (Å²) in [6.45, 7) is 7.94. The molecule has 1 aromatic carbocycles. The van der Waals surface area contributed by atoms with Crippen LogP contribution in [0.1, 0.15) is 49.5 Å². The average molecular weight is 446 g/mol. The lowest BCUT2D eigenvalue weighted by Gasteiger charge is -2.34. The summed E-state index contributed by atoms with van der Waals surface area (Å²) in [6, 6.07) is 9.86. The second-order valence-electron chi connectivity index (χ2n) is 8.29. The molecule has 1 aromatic heterocycles. The standard InChI is InChI=1S/C23H31N3O4S/c1-4-11-30-23-20(8-6-10-24-23)14-25-22(27)19-7-5-9-21(13-19)31(28,29)26-15-17(2)12-18(3)16-26/h5-10,13,17-18H,4,11-12,14-16H2,1-3H3,(H,25,27). The fraction of sp³-hybridized carbons (Fsp3) is 0.478. The molecule has 2 heterocycles. The van der Waals surface area contributed by atoms with Crippen molar-refractivity contribution in [2.45, 2.75) is 45.1 Å². The van der Waals surface area contributed by atoms with E-state index in [4.69, 9.17) is 4.74 Å². The first-order valence-electron chi connectivity index (χ1n) is 10.8. The van der Waals surface area contributed by atoms with E-state index in [1.165, 1.54) is 10.4 Å². The maximum atomic E-state index is 13.1. The number of nitrogens with one attached hydrogen (secondary N) is 1. The van der Waals surface area contributed by atoms with Crippen molar-refractivity contribution in [3.05, 3.63) is 53.7 Å². The van der Waals surface area contributed by atoms with Gasteiger partial charge in [0.1, 0.15) is 0 Å². The van der Waals surface area contributed by atoms with Crippen LogP contribution in [0.4, 0.5) is 0 Å².